The van der Waals surface area contributed by atoms with Crippen LogP contribution in [0, 0.1) is 5.95 Å². The van der Waals surface area contributed by atoms with Crippen molar-refractivity contribution in [1.82, 2.24) is 14.9 Å². The maximum absolute atomic E-state index is 14.4. The van der Waals surface area contributed by atoms with Gasteiger partial charge in [-0.25, -0.2) is 9.97 Å². The van der Waals surface area contributed by atoms with Gasteiger partial charge in [0.05, 0.1) is 11.4 Å². The minimum absolute atomic E-state index is 0.0738. The third-order valence-electron chi connectivity index (χ3n) is 6.19. The quantitative estimate of drug-likeness (QED) is 0.188. The number of hydrogen-bond donors (Lipinski definition) is 2. The van der Waals surface area contributed by atoms with E-state index in [9.17, 15) is 22.7 Å². The van der Waals surface area contributed by atoms with Crippen LogP contribution in [0.3, 0.4) is 0 Å². The first-order valence-electron chi connectivity index (χ1n) is 11.6. The van der Waals surface area contributed by atoms with Gasteiger partial charge in [-0.05, 0) is 61.8 Å². The summed E-state index contributed by atoms with van der Waals surface area (Å²) in [7, 11) is 0. The molecule has 1 atom stereocenters. The Bertz CT molecular complexity index is 1250. The molecule has 0 spiro atoms. The van der Waals surface area contributed by atoms with Crippen LogP contribution in [0.5, 0.6) is 0 Å². The number of hydrogen-bond acceptors (Lipinski definition) is 5. The van der Waals surface area contributed by atoms with Gasteiger partial charge in [-0.3, -0.25) is 4.90 Å². The van der Waals surface area contributed by atoms with Crippen molar-refractivity contribution in [2.45, 2.75) is 31.2 Å². The maximum atomic E-state index is 14.4. The number of halogens is 6. The van der Waals surface area contributed by atoms with E-state index in [2.05, 4.69) is 20.2 Å². The molecule has 1 aliphatic rings. The third-order valence-corrected chi connectivity index (χ3v) is 6.65. The molecule has 1 fully saturated rings. The number of aliphatic hydroxyl groups excluding tert-OH is 1. The number of alkyl halides is 3. The standard InChI is InChI=1S/C26H24Cl2F4N4O/c27-19-5-3-16(4-6-19)2-1-11-36-12-8-17(9-13-36)23-21(15-20(24(29)35-23)26(30,31)32)34-25(37)18-7-10-33-22(28)14-18/h1-7,10,14-15,17,25,34,37H,8-9,11-13H2/b2-1+. The molecule has 0 radical (unpaired) electrons. The molecule has 4 rings (SSSR count). The van der Waals surface area contributed by atoms with Gasteiger partial charge < -0.3 is 10.4 Å². The van der Waals surface area contributed by atoms with Crippen LogP contribution in [0.15, 0.2) is 54.7 Å². The van der Waals surface area contributed by atoms with E-state index < -0.39 is 23.9 Å². The molecule has 2 aromatic heterocycles. The Balaban J connectivity index is 1.49. The SMILES string of the molecule is OC(Nc1cc(C(F)(F)F)c(F)nc1C1CCN(C/C=C/c2ccc(Cl)cc2)CC1)c1ccnc(Cl)c1. The summed E-state index contributed by atoms with van der Waals surface area (Å²) in [6, 6.07) is 11.0. The van der Waals surface area contributed by atoms with Gasteiger partial charge in [-0.1, -0.05) is 47.5 Å². The Kier molecular flexibility index (Phi) is 8.69. The van der Waals surface area contributed by atoms with Gasteiger partial charge in [0.25, 0.3) is 0 Å². The fourth-order valence-electron chi connectivity index (χ4n) is 4.25. The van der Waals surface area contributed by atoms with Crippen molar-refractivity contribution in [3.05, 3.63) is 93.2 Å². The fourth-order valence-corrected chi connectivity index (χ4v) is 4.56. The normalized spacial score (nSPS) is 16.3. The van der Waals surface area contributed by atoms with Crippen molar-refractivity contribution in [2.75, 3.05) is 25.0 Å². The van der Waals surface area contributed by atoms with E-state index in [4.69, 9.17) is 23.2 Å². The Hall–Kier alpha value is -2.72. The molecule has 0 amide bonds. The summed E-state index contributed by atoms with van der Waals surface area (Å²) in [4.78, 5) is 9.75. The molecule has 5 nitrogen and oxygen atoms in total. The van der Waals surface area contributed by atoms with Crippen molar-refractivity contribution in [3.8, 4) is 0 Å². The van der Waals surface area contributed by atoms with Gasteiger partial charge in [-0.2, -0.15) is 17.6 Å². The van der Waals surface area contributed by atoms with Gasteiger partial charge >= 0.3 is 6.18 Å². The highest BCUT2D eigenvalue weighted by Gasteiger charge is 2.37. The average Bonchev–Trinajstić information content (AvgIpc) is 2.86. The van der Waals surface area contributed by atoms with Crippen molar-refractivity contribution in [3.63, 3.8) is 0 Å². The Morgan fingerprint density at radius 2 is 1.81 bits per heavy atom. The lowest BCUT2D eigenvalue weighted by atomic mass is 9.91. The van der Waals surface area contributed by atoms with Crippen LogP contribution in [0.1, 0.15) is 47.4 Å². The Morgan fingerprint density at radius 1 is 1.11 bits per heavy atom. The summed E-state index contributed by atoms with van der Waals surface area (Å²) in [5, 5.41) is 14.1. The fraction of sp³-hybridized carbons (Fsp3) is 0.308. The molecule has 0 aliphatic carbocycles. The summed E-state index contributed by atoms with van der Waals surface area (Å²) < 4.78 is 54.7. The van der Waals surface area contributed by atoms with E-state index in [1.807, 2.05) is 36.4 Å². The molecule has 37 heavy (non-hydrogen) atoms. The predicted molar refractivity (Wildman–Crippen MR) is 136 cm³/mol. The average molecular weight is 555 g/mol. The second-order valence-electron chi connectivity index (χ2n) is 8.74. The molecule has 0 saturated carbocycles. The summed E-state index contributed by atoms with van der Waals surface area (Å²) in [5.74, 6) is -1.87. The number of piperidine rings is 1. The summed E-state index contributed by atoms with van der Waals surface area (Å²) in [6.45, 7) is 2.00. The molecule has 1 aromatic carbocycles. The van der Waals surface area contributed by atoms with E-state index in [1.54, 1.807) is 0 Å². The predicted octanol–water partition coefficient (Wildman–Crippen LogP) is 6.94. The van der Waals surface area contributed by atoms with Crippen LogP contribution in [-0.4, -0.2) is 39.6 Å². The zero-order valence-electron chi connectivity index (χ0n) is 19.5. The zero-order chi connectivity index (χ0) is 26.6. The van der Waals surface area contributed by atoms with Gasteiger partial charge in [-0.15, -0.1) is 0 Å². The molecule has 1 aliphatic heterocycles. The first-order chi connectivity index (χ1) is 17.6. The third kappa shape index (κ3) is 7.19. The number of aromatic nitrogens is 2. The monoisotopic (exact) mass is 554 g/mol. The molecule has 1 unspecified atom stereocenters. The van der Waals surface area contributed by atoms with Crippen LogP contribution in [0.2, 0.25) is 10.2 Å². The van der Waals surface area contributed by atoms with Crippen LogP contribution in [0.4, 0.5) is 23.2 Å². The summed E-state index contributed by atoms with van der Waals surface area (Å²) in [5.41, 5.74) is -0.0978. The number of anilines is 1. The second-order valence-corrected chi connectivity index (χ2v) is 9.57. The number of likely N-dealkylation sites (tertiary alicyclic amines) is 1. The van der Waals surface area contributed by atoms with E-state index in [0.29, 0.717) is 49.1 Å². The highest BCUT2D eigenvalue weighted by Crippen LogP contribution is 2.38. The number of pyridine rings is 2. The lowest BCUT2D eigenvalue weighted by Crippen LogP contribution is -2.33. The van der Waals surface area contributed by atoms with Crippen molar-refractivity contribution < 1.29 is 22.7 Å². The Morgan fingerprint density at radius 3 is 2.46 bits per heavy atom. The first kappa shape index (κ1) is 27.3. The zero-order valence-corrected chi connectivity index (χ0v) is 21.0. The molecular weight excluding hydrogens is 531 g/mol. The molecule has 1 saturated heterocycles. The topological polar surface area (TPSA) is 61.3 Å². The highest BCUT2D eigenvalue weighted by atomic mass is 35.5. The number of nitrogens with one attached hydrogen (secondary N) is 1. The number of rotatable bonds is 7. The maximum Gasteiger partial charge on any atom is 0.420 e. The van der Waals surface area contributed by atoms with Crippen LogP contribution < -0.4 is 5.32 Å². The van der Waals surface area contributed by atoms with E-state index >= 15 is 0 Å². The lowest BCUT2D eigenvalue weighted by molar-refractivity contribution is -0.140. The Labute approximate surface area is 221 Å². The van der Waals surface area contributed by atoms with Gasteiger partial charge in [0, 0.05) is 29.2 Å². The van der Waals surface area contributed by atoms with Crippen LogP contribution in [-0.2, 0) is 6.18 Å². The number of nitrogens with zero attached hydrogens (tertiary/aromatic N) is 3. The molecule has 196 valence electrons. The molecule has 3 aromatic rings. The van der Waals surface area contributed by atoms with Crippen molar-refractivity contribution >= 4 is 35.0 Å². The molecule has 0 bridgehead atoms. The largest absolute Gasteiger partial charge is 0.420 e. The summed E-state index contributed by atoms with van der Waals surface area (Å²) in [6.07, 6.45) is 0.191. The van der Waals surface area contributed by atoms with E-state index in [0.717, 1.165) is 5.56 Å². The minimum atomic E-state index is -4.93. The second kappa shape index (κ2) is 11.8. The first-order valence-corrected chi connectivity index (χ1v) is 12.3. The van der Waals surface area contributed by atoms with Crippen molar-refractivity contribution in [1.29, 1.82) is 0 Å². The summed E-state index contributed by atoms with van der Waals surface area (Å²) >= 11 is 11.8. The lowest BCUT2D eigenvalue weighted by Gasteiger charge is -2.32. The smallest absolute Gasteiger partial charge is 0.369 e. The number of benzene rings is 1. The van der Waals surface area contributed by atoms with E-state index in [1.165, 1.54) is 18.3 Å². The number of aliphatic hydroxyl groups is 1. The minimum Gasteiger partial charge on any atom is -0.369 e. The highest BCUT2D eigenvalue weighted by molar-refractivity contribution is 6.30. The molecule has 2 N–H and O–H groups in total. The van der Waals surface area contributed by atoms with Gasteiger partial charge in [0.1, 0.15) is 10.7 Å². The van der Waals surface area contributed by atoms with Gasteiger partial charge in [0.2, 0.25) is 5.95 Å². The van der Waals surface area contributed by atoms with Gasteiger partial charge in [0.15, 0.2) is 6.23 Å². The van der Waals surface area contributed by atoms with E-state index in [-0.39, 0.29) is 22.5 Å². The van der Waals surface area contributed by atoms with Crippen molar-refractivity contribution in [2.24, 2.45) is 0 Å². The van der Waals surface area contributed by atoms with Crippen LogP contribution >= 0.6 is 23.2 Å². The van der Waals surface area contributed by atoms with Crippen LogP contribution in [0.25, 0.3) is 6.08 Å². The molecule has 3 heterocycles. The molecular formula is C26H24Cl2F4N4O. The molecule has 11 heteroatoms.